The number of alkyl halides is 2. The second kappa shape index (κ2) is 5.43. The molecule has 0 saturated carbocycles. The number of carbonyl (C=O) groups is 1. The fraction of sp³-hybridized carbons (Fsp3) is 0.0769. The van der Waals surface area contributed by atoms with Gasteiger partial charge in [0.2, 0.25) is 0 Å². The Hall–Kier alpha value is -2.50. The summed E-state index contributed by atoms with van der Waals surface area (Å²) in [7, 11) is 0. The molecule has 19 heavy (non-hydrogen) atoms. The SMILES string of the molecule is O=C(c1cccnc1)c1ccc(OC(F)F)c(O)c1. The molecule has 0 aliphatic heterocycles. The maximum Gasteiger partial charge on any atom is 0.387 e. The zero-order chi connectivity index (χ0) is 13.8. The van der Waals surface area contributed by atoms with Gasteiger partial charge in [-0.05, 0) is 30.3 Å². The van der Waals surface area contributed by atoms with Gasteiger partial charge in [0, 0.05) is 23.5 Å². The number of hydrogen-bond acceptors (Lipinski definition) is 4. The highest BCUT2D eigenvalue weighted by atomic mass is 19.3. The third-order valence-electron chi connectivity index (χ3n) is 2.36. The summed E-state index contributed by atoms with van der Waals surface area (Å²) < 4.78 is 28.1. The molecule has 0 bridgehead atoms. The van der Waals surface area contributed by atoms with Crippen LogP contribution >= 0.6 is 0 Å². The monoisotopic (exact) mass is 265 g/mol. The van der Waals surface area contributed by atoms with Gasteiger partial charge in [0.25, 0.3) is 0 Å². The van der Waals surface area contributed by atoms with Gasteiger partial charge >= 0.3 is 6.61 Å². The minimum atomic E-state index is -3.04. The average molecular weight is 265 g/mol. The Balaban J connectivity index is 2.27. The van der Waals surface area contributed by atoms with Crippen LogP contribution in [0.25, 0.3) is 0 Å². The lowest BCUT2D eigenvalue weighted by Crippen LogP contribution is -2.04. The predicted molar refractivity (Wildman–Crippen MR) is 62.4 cm³/mol. The van der Waals surface area contributed by atoms with Gasteiger partial charge in [0.1, 0.15) is 0 Å². The van der Waals surface area contributed by atoms with Gasteiger partial charge in [-0.3, -0.25) is 9.78 Å². The molecular weight excluding hydrogens is 256 g/mol. The second-order valence-electron chi connectivity index (χ2n) is 3.63. The number of pyridine rings is 1. The van der Waals surface area contributed by atoms with E-state index in [4.69, 9.17) is 0 Å². The number of aromatic nitrogens is 1. The van der Waals surface area contributed by atoms with Gasteiger partial charge in [0.05, 0.1) is 0 Å². The van der Waals surface area contributed by atoms with Gasteiger partial charge in [-0.15, -0.1) is 0 Å². The molecule has 0 fully saturated rings. The molecule has 0 unspecified atom stereocenters. The first-order valence-electron chi connectivity index (χ1n) is 5.30. The van der Waals surface area contributed by atoms with E-state index in [9.17, 15) is 18.7 Å². The summed E-state index contributed by atoms with van der Waals surface area (Å²) in [5.74, 6) is -1.26. The van der Waals surface area contributed by atoms with Gasteiger partial charge in [-0.25, -0.2) is 0 Å². The van der Waals surface area contributed by atoms with E-state index < -0.39 is 12.4 Å². The molecule has 2 aromatic rings. The van der Waals surface area contributed by atoms with Crippen LogP contribution in [-0.2, 0) is 0 Å². The molecule has 0 spiro atoms. The lowest BCUT2D eigenvalue weighted by Gasteiger charge is -2.08. The number of ether oxygens (including phenoxy) is 1. The van der Waals surface area contributed by atoms with E-state index in [1.165, 1.54) is 18.5 Å². The summed E-state index contributed by atoms with van der Waals surface area (Å²) in [6.07, 6.45) is 2.90. The lowest BCUT2D eigenvalue weighted by atomic mass is 10.0. The highest BCUT2D eigenvalue weighted by Gasteiger charge is 2.14. The van der Waals surface area contributed by atoms with E-state index >= 15 is 0 Å². The van der Waals surface area contributed by atoms with Gasteiger partial charge in [0.15, 0.2) is 17.3 Å². The van der Waals surface area contributed by atoms with Crippen LogP contribution in [0.15, 0.2) is 42.7 Å². The molecule has 1 aromatic carbocycles. The molecule has 2 rings (SSSR count). The molecule has 0 aliphatic carbocycles. The quantitative estimate of drug-likeness (QED) is 0.863. The Bertz CT molecular complexity index is 588. The van der Waals surface area contributed by atoms with Crippen molar-refractivity contribution in [3.8, 4) is 11.5 Å². The molecule has 6 heteroatoms. The highest BCUT2D eigenvalue weighted by Crippen LogP contribution is 2.29. The standard InChI is InChI=1S/C13H9F2NO3/c14-13(15)19-11-4-3-8(6-10(11)17)12(18)9-2-1-5-16-7-9/h1-7,13,17H. The molecule has 1 N–H and O–H groups in total. The maximum atomic E-state index is 12.0. The van der Waals surface area contributed by atoms with Crippen molar-refractivity contribution in [3.63, 3.8) is 0 Å². The van der Waals surface area contributed by atoms with E-state index in [1.807, 2.05) is 0 Å². The van der Waals surface area contributed by atoms with Crippen LogP contribution in [0.1, 0.15) is 15.9 Å². The molecule has 0 atom stereocenters. The summed E-state index contributed by atoms with van der Waals surface area (Å²) in [5, 5.41) is 9.51. The Kier molecular flexibility index (Phi) is 3.70. The number of rotatable bonds is 4. The first-order valence-corrected chi connectivity index (χ1v) is 5.30. The highest BCUT2D eigenvalue weighted by molar-refractivity contribution is 6.09. The lowest BCUT2D eigenvalue weighted by molar-refractivity contribution is -0.0512. The fourth-order valence-electron chi connectivity index (χ4n) is 1.52. The van der Waals surface area contributed by atoms with E-state index in [0.717, 1.165) is 12.1 Å². The van der Waals surface area contributed by atoms with Crippen molar-refractivity contribution in [3.05, 3.63) is 53.9 Å². The van der Waals surface area contributed by atoms with Crippen molar-refractivity contribution in [1.29, 1.82) is 0 Å². The fourth-order valence-corrected chi connectivity index (χ4v) is 1.52. The van der Waals surface area contributed by atoms with Crippen LogP contribution in [0, 0.1) is 0 Å². The molecule has 0 aliphatic rings. The second-order valence-corrected chi connectivity index (χ2v) is 3.63. The first-order chi connectivity index (χ1) is 9.08. The molecule has 1 heterocycles. The topological polar surface area (TPSA) is 59.4 Å². The summed E-state index contributed by atoms with van der Waals surface area (Å²) in [5.41, 5.74) is 0.497. The molecular formula is C13H9F2NO3. The normalized spacial score (nSPS) is 10.5. The van der Waals surface area contributed by atoms with Crippen molar-refractivity contribution in [2.24, 2.45) is 0 Å². The largest absolute Gasteiger partial charge is 0.504 e. The van der Waals surface area contributed by atoms with Gasteiger partial charge in [-0.1, -0.05) is 0 Å². The Morgan fingerprint density at radius 3 is 2.63 bits per heavy atom. The number of ketones is 1. The maximum absolute atomic E-state index is 12.0. The van der Waals surface area contributed by atoms with E-state index in [0.29, 0.717) is 5.56 Å². The van der Waals surface area contributed by atoms with Crippen molar-refractivity contribution in [1.82, 2.24) is 4.98 Å². The third-order valence-corrected chi connectivity index (χ3v) is 2.36. The first kappa shape index (κ1) is 12.9. The summed E-state index contributed by atoms with van der Waals surface area (Å²) in [4.78, 5) is 15.8. The Morgan fingerprint density at radius 2 is 2.05 bits per heavy atom. The number of carbonyl (C=O) groups excluding carboxylic acids is 1. The number of hydrogen-bond donors (Lipinski definition) is 1. The minimum Gasteiger partial charge on any atom is -0.504 e. The summed E-state index contributed by atoms with van der Waals surface area (Å²) >= 11 is 0. The average Bonchev–Trinajstić information content (AvgIpc) is 2.41. The van der Waals surface area contributed by atoms with Crippen LogP contribution in [0.2, 0.25) is 0 Å². The predicted octanol–water partition coefficient (Wildman–Crippen LogP) is 2.62. The van der Waals surface area contributed by atoms with Crippen molar-refractivity contribution in [2.75, 3.05) is 0 Å². The van der Waals surface area contributed by atoms with E-state index in [2.05, 4.69) is 9.72 Å². The van der Waals surface area contributed by atoms with Crippen molar-refractivity contribution < 1.29 is 23.4 Å². The van der Waals surface area contributed by atoms with E-state index in [1.54, 1.807) is 12.1 Å². The third kappa shape index (κ3) is 3.04. The Labute approximate surface area is 107 Å². The number of aromatic hydroxyl groups is 1. The van der Waals surface area contributed by atoms with E-state index in [-0.39, 0.29) is 17.1 Å². The molecule has 4 nitrogen and oxygen atoms in total. The number of halogens is 2. The van der Waals surface area contributed by atoms with Crippen molar-refractivity contribution >= 4 is 5.78 Å². The Morgan fingerprint density at radius 1 is 1.26 bits per heavy atom. The molecule has 0 saturated heterocycles. The molecule has 0 radical (unpaired) electrons. The number of benzene rings is 1. The molecule has 0 amide bonds. The minimum absolute atomic E-state index is 0.159. The van der Waals surface area contributed by atoms with Gasteiger partial charge in [-0.2, -0.15) is 8.78 Å². The number of phenolic OH excluding ortho intramolecular Hbond substituents is 1. The van der Waals surface area contributed by atoms with Crippen LogP contribution in [0.4, 0.5) is 8.78 Å². The number of phenols is 1. The zero-order valence-electron chi connectivity index (χ0n) is 9.59. The smallest absolute Gasteiger partial charge is 0.387 e. The summed E-state index contributed by atoms with van der Waals surface area (Å²) in [6.45, 7) is -3.04. The van der Waals surface area contributed by atoms with Crippen LogP contribution in [0.5, 0.6) is 11.5 Å². The summed E-state index contributed by atoms with van der Waals surface area (Å²) in [6, 6.07) is 6.65. The van der Waals surface area contributed by atoms with Crippen LogP contribution in [0.3, 0.4) is 0 Å². The number of nitrogens with zero attached hydrogens (tertiary/aromatic N) is 1. The molecule has 1 aromatic heterocycles. The molecule has 98 valence electrons. The van der Waals surface area contributed by atoms with Crippen LogP contribution < -0.4 is 4.74 Å². The van der Waals surface area contributed by atoms with Crippen molar-refractivity contribution in [2.45, 2.75) is 6.61 Å². The van der Waals surface area contributed by atoms with Gasteiger partial charge < -0.3 is 9.84 Å². The zero-order valence-corrected chi connectivity index (χ0v) is 9.59. The van der Waals surface area contributed by atoms with Crippen LogP contribution in [-0.4, -0.2) is 22.5 Å².